The lowest BCUT2D eigenvalue weighted by molar-refractivity contribution is 0.0589. The van der Waals surface area contributed by atoms with Crippen LogP contribution in [-0.4, -0.2) is 52.1 Å². The molecule has 6 nitrogen and oxygen atoms in total. The molecule has 0 aromatic heterocycles. The predicted molar refractivity (Wildman–Crippen MR) is 94.6 cm³/mol. The van der Waals surface area contributed by atoms with E-state index in [9.17, 15) is 13.2 Å². The highest BCUT2D eigenvalue weighted by Gasteiger charge is 2.23. The lowest BCUT2D eigenvalue weighted by atomic mass is 10.1. The molecule has 0 bridgehead atoms. The summed E-state index contributed by atoms with van der Waals surface area (Å²) in [6.45, 7) is 7.00. The second-order valence-corrected chi connectivity index (χ2v) is 7.26. The lowest BCUT2D eigenvalue weighted by Gasteiger charge is -2.30. The van der Waals surface area contributed by atoms with Gasteiger partial charge >= 0.3 is 0 Å². The zero-order valence-corrected chi connectivity index (χ0v) is 15.7. The minimum atomic E-state index is -3.59. The average Bonchev–Trinajstić information content (AvgIpc) is 2.58. The van der Waals surface area contributed by atoms with Gasteiger partial charge < -0.3 is 9.64 Å². The van der Waals surface area contributed by atoms with Gasteiger partial charge in [-0.1, -0.05) is 26.8 Å². The topological polar surface area (TPSA) is 75.7 Å². The Morgan fingerprint density at radius 1 is 1.25 bits per heavy atom. The van der Waals surface area contributed by atoms with Crippen LogP contribution in [0.15, 0.2) is 29.2 Å². The van der Waals surface area contributed by atoms with Gasteiger partial charge in [0.1, 0.15) is 0 Å². The molecule has 1 N–H and O–H groups in total. The number of rotatable bonds is 10. The summed E-state index contributed by atoms with van der Waals surface area (Å²) in [6, 6.07) is 6.27. The smallest absolute Gasteiger partial charge is 0.254 e. The molecule has 0 fully saturated rings. The number of nitrogens with zero attached hydrogens (tertiary/aromatic N) is 1. The van der Waals surface area contributed by atoms with Gasteiger partial charge in [-0.25, -0.2) is 13.1 Å². The van der Waals surface area contributed by atoms with Crippen molar-refractivity contribution < 1.29 is 17.9 Å². The lowest BCUT2D eigenvalue weighted by Crippen LogP contribution is -2.41. The van der Waals surface area contributed by atoms with Crippen molar-refractivity contribution in [3.05, 3.63) is 29.8 Å². The minimum absolute atomic E-state index is 0.0988. The van der Waals surface area contributed by atoms with Gasteiger partial charge in [-0.3, -0.25) is 4.79 Å². The molecule has 0 heterocycles. The highest BCUT2D eigenvalue weighted by atomic mass is 32.2. The van der Waals surface area contributed by atoms with Crippen LogP contribution in [0.4, 0.5) is 0 Å². The first-order valence-electron chi connectivity index (χ1n) is 8.30. The first-order valence-corrected chi connectivity index (χ1v) is 9.79. The second kappa shape index (κ2) is 9.76. The third kappa shape index (κ3) is 5.29. The molecule has 1 aromatic rings. The fraction of sp³-hybridized carbons (Fsp3) is 0.588. The number of amides is 1. The fourth-order valence-electron chi connectivity index (χ4n) is 2.60. The van der Waals surface area contributed by atoms with E-state index in [-0.39, 0.29) is 16.8 Å². The van der Waals surface area contributed by atoms with Gasteiger partial charge in [0.2, 0.25) is 10.0 Å². The molecule has 0 atom stereocenters. The monoisotopic (exact) mass is 356 g/mol. The summed E-state index contributed by atoms with van der Waals surface area (Å²) >= 11 is 0. The van der Waals surface area contributed by atoms with Crippen LogP contribution in [0, 0.1) is 0 Å². The maximum atomic E-state index is 12.9. The number of hydrogen-bond acceptors (Lipinski definition) is 4. The Balaban J connectivity index is 3.15. The van der Waals surface area contributed by atoms with Gasteiger partial charge in [-0.05, 0) is 31.0 Å². The van der Waals surface area contributed by atoms with E-state index >= 15 is 0 Å². The standard InChI is InChI=1S/C17H28N2O4S/c1-5-15(6-2)19(11-12-23-4)17(20)14-9-8-10-16(13-14)24(21,22)18-7-3/h8-10,13,15,18H,5-7,11-12H2,1-4H3. The van der Waals surface area contributed by atoms with Crippen LogP contribution in [0.1, 0.15) is 44.0 Å². The Bertz CT molecular complexity index is 627. The molecule has 0 radical (unpaired) electrons. The number of sulfonamides is 1. The Morgan fingerprint density at radius 2 is 1.92 bits per heavy atom. The molecule has 0 unspecified atom stereocenters. The zero-order chi connectivity index (χ0) is 18.2. The Labute approximate surface area is 145 Å². The first-order chi connectivity index (χ1) is 11.4. The Morgan fingerprint density at radius 3 is 2.46 bits per heavy atom. The number of nitrogens with one attached hydrogen (secondary N) is 1. The van der Waals surface area contributed by atoms with Crippen molar-refractivity contribution in [1.82, 2.24) is 9.62 Å². The summed E-state index contributed by atoms with van der Waals surface area (Å²) in [5.74, 6) is -0.172. The van der Waals surface area contributed by atoms with Crippen LogP contribution in [0.25, 0.3) is 0 Å². The summed E-state index contributed by atoms with van der Waals surface area (Å²) in [6.07, 6.45) is 1.67. The van der Waals surface area contributed by atoms with E-state index in [1.165, 1.54) is 12.1 Å². The van der Waals surface area contributed by atoms with E-state index in [0.717, 1.165) is 12.8 Å². The van der Waals surface area contributed by atoms with Crippen molar-refractivity contribution in [2.45, 2.75) is 44.6 Å². The van der Waals surface area contributed by atoms with Crippen LogP contribution in [-0.2, 0) is 14.8 Å². The number of carbonyl (C=O) groups excluding carboxylic acids is 1. The molecule has 0 aliphatic heterocycles. The van der Waals surface area contributed by atoms with E-state index < -0.39 is 10.0 Å². The molecular formula is C17H28N2O4S. The molecule has 0 saturated carbocycles. The number of hydrogen-bond donors (Lipinski definition) is 1. The van der Waals surface area contributed by atoms with Gasteiger partial charge in [0, 0.05) is 31.8 Å². The van der Waals surface area contributed by atoms with Crippen molar-refractivity contribution in [1.29, 1.82) is 0 Å². The summed E-state index contributed by atoms with van der Waals surface area (Å²) in [5, 5.41) is 0. The average molecular weight is 356 g/mol. The summed E-state index contributed by atoms with van der Waals surface area (Å²) in [4.78, 5) is 14.8. The number of benzene rings is 1. The molecule has 0 aliphatic carbocycles. The van der Waals surface area contributed by atoms with E-state index in [0.29, 0.717) is 25.3 Å². The largest absolute Gasteiger partial charge is 0.383 e. The van der Waals surface area contributed by atoms with Crippen molar-refractivity contribution in [3.8, 4) is 0 Å². The SMILES string of the molecule is CCNS(=O)(=O)c1cccc(C(=O)N(CCOC)C(CC)CC)c1. The molecule has 24 heavy (non-hydrogen) atoms. The van der Waals surface area contributed by atoms with E-state index in [1.54, 1.807) is 31.1 Å². The summed E-state index contributed by atoms with van der Waals surface area (Å²) < 4.78 is 31.8. The third-order valence-electron chi connectivity index (χ3n) is 3.91. The molecule has 7 heteroatoms. The van der Waals surface area contributed by atoms with E-state index in [1.807, 2.05) is 13.8 Å². The maximum absolute atomic E-state index is 12.9. The van der Waals surface area contributed by atoms with Crippen LogP contribution < -0.4 is 4.72 Å². The van der Waals surface area contributed by atoms with E-state index in [4.69, 9.17) is 4.74 Å². The van der Waals surface area contributed by atoms with Crippen LogP contribution >= 0.6 is 0 Å². The zero-order valence-electron chi connectivity index (χ0n) is 14.9. The van der Waals surface area contributed by atoms with Gasteiger partial charge in [0.15, 0.2) is 0 Å². The third-order valence-corrected chi connectivity index (χ3v) is 5.45. The molecular weight excluding hydrogens is 328 g/mol. The van der Waals surface area contributed by atoms with Crippen molar-refractivity contribution in [3.63, 3.8) is 0 Å². The Hall–Kier alpha value is -1.44. The second-order valence-electron chi connectivity index (χ2n) is 5.49. The van der Waals surface area contributed by atoms with Crippen molar-refractivity contribution in [2.75, 3.05) is 26.8 Å². The predicted octanol–water partition coefficient (Wildman–Crippen LogP) is 2.26. The number of methoxy groups -OCH3 is 1. The minimum Gasteiger partial charge on any atom is -0.383 e. The first kappa shape index (κ1) is 20.6. The highest BCUT2D eigenvalue weighted by molar-refractivity contribution is 7.89. The molecule has 0 aliphatic rings. The number of carbonyl (C=O) groups is 1. The number of ether oxygens (including phenoxy) is 1. The van der Waals surface area contributed by atoms with Gasteiger partial charge in [-0.2, -0.15) is 0 Å². The van der Waals surface area contributed by atoms with Gasteiger partial charge in [-0.15, -0.1) is 0 Å². The molecule has 1 aromatic carbocycles. The van der Waals surface area contributed by atoms with Crippen LogP contribution in [0.3, 0.4) is 0 Å². The molecule has 136 valence electrons. The van der Waals surface area contributed by atoms with E-state index in [2.05, 4.69) is 4.72 Å². The normalized spacial score (nSPS) is 11.7. The summed E-state index contributed by atoms with van der Waals surface area (Å²) in [5.41, 5.74) is 0.372. The highest BCUT2D eigenvalue weighted by Crippen LogP contribution is 2.17. The van der Waals surface area contributed by atoms with Crippen LogP contribution in [0.5, 0.6) is 0 Å². The molecule has 0 saturated heterocycles. The van der Waals surface area contributed by atoms with Crippen molar-refractivity contribution >= 4 is 15.9 Å². The molecule has 1 amide bonds. The summed E-state index contributed by atoms with van der Waals surface area (Å²) in [7, 11) is -1.99. The quantitative estimate of drug-likeness (QED) is 0.698. The van der Waals surface area contributed by atoms with Gasteiger partial charge in [0.25, 0.3) is 5.91 Å². The Kier molecular flexibility index (Phi) is 8.38. The molecule has 0 spiro atoms. The maximum Gasteiger partial charge on any atom is 0.254 e. The fourth-order valence-corrected chi connectivity index (χ4v) is 3.69. The molecule has 1 rings (SSSR count). The van der Waals surface area contributed by atoms with Gasteiger partial charge in [0.05, 0.1) is 11.5 Å². The van der Waals surface area contributed by atoms with Crippen LogP contribution in [0.2, 0.25) is 0 Å². The van der Waals surface area contributed by atoms with Crippen molar-refractivity contribution in [2.24, 2.45) is 0 Å².